The molecule has 7 nitrogen and oxygen atoms in total. The van der Waals surface area contributed by atoms with Gasteiger partial charge in [0, 0.05) is 16.7 Å². The Morgan fingerprint density at radius 1 is 0.690 bits per heavy atom. The molecule has 0 saturated carbocycles. The van der Waals surface area contributed by atoms with Crippen molar-refractivity contribution in [3.8, 4) is 34.2 Å². The van der Waals surface area contributed by atoms with E-state index in [0.29, 0.717) is 17.5 Å². The van der Waals surface area contributed by atoms with Gasteiger partial charge in [0.1, 0.15) is 0 Å². The quantitative estimate of drug-likeness (QED) is 0.311. The van der Waals surface area contributed by atoms with Gasteiger partial charge in [-0.3, -0.25) is 0 Å². The lowest BCUT2D eigenvalue weighted by atomic mass is 9.73. The van der Waals surface area contributed by atoms with Crippen LogP contribution < -0.4 is 10.9 Å². The van der Waals surface area contributed by atoms with Crippen molar-refractivity contribution in [3.63, 3.8) is 0 Å². The maximum Gasteiger partial charge on any atom is 0.494 e. The molecule has 0 aliphatic carbocycles. The largest absolute Gasteiger partial charge is 0.494 e. The molecule has 1 aromatic heterocycles. The molecule has 42 heavy (non-hydrogen) atoms. The summed E-state index contributed by atoms with van der Waals surface area (Å²) in [4.78, 5) is 14.7. The highest BCUT2D eigenvalue weighted by molar-refractivity contribution is 6.63. The fourth-order valence-electron chi connectivity index (χ4n) is 4.42. The molecule has 3 aromatic carbocycles. The van der Waals surface area contributed by atoms with E-state index in [1.54, 1.807) is 13.8 Å². The molecule has 0 radical (unpaired) electrons. The van der Waals surface area contributed by atoms with E-state index >= 15 is 0 Å². The smallest absolute Gasteiger partial charge is 0.427 e. The van der Waals surface area contributed by atoms with Gasteiger partial charge < -0.3 is 19.1 Å². The number of hydrogen-bond donors (Lipinski definition) is 1. The van der Waals surface area contributed by atoms with Crippen LogP contribution in [0.3, 0.4) is 0 Å². The highest BCUT2D eigenvalue weighted by atomic mass is 16.7. The van der Waals surface area contributed by atoms with Gasteiger partial charge in [0.15, 0.2) is 17.5 Å². The summed E-state index contributed by atoms with van der Waals surface area (Å²) in [7, 11) is -0.320. The van der Waals surface area contributed by atoms with Crippen LogP contribution in [0.15, 0.2) is 78.9 Å². The summed E-state index contributed by atoms with van der Waals surface area (Å²) >= 11 is 0. The summed E-state index contributed by atoms with van der Waals surface area (Å²) in [6.45, 7) is 15.4. The van der Waals surface area contributed by atoms with Crippen molar-refractivity contribution in [2.75, 3.05) is 0 Å². The summed E-state index contributed by atoms with van der Waals surface area (Å²) in [5.41, 5.74) is 1.49. The molecule has 0 spiro atoms. The molecule has 1 aliphatic heterocycles. The Labute approximate surface area is 250 Å². The second-order valence-electron chi connectivity index (χ2n) is 12.9. The SMILES string of the molecule is CC(C)(O)C(C)(C)OBc1cc(B2OC(C)(C)C(C)(C)O2)cc(-c2nc(-c3ccccc3)nc(-c3ccccc3)n2)c1. The lowest BCUT2D eigenvalue weighted by Crippen LogP contribution is -2.49. The van der Waals surface area contributed by atoms with E-state index in [1.807, 2.05) is 120 Å². The zero-order valence-corrected chi connectivity index (χ0v) is 25.8. The summed E-state index contributed by atoms with van der Waals surface area (Å²) in [5.74, 6) is 1.70. The van der Waals surface area contributed by atoms with Crippen LogP contribution >= 0.6 is 0 Å². The molecular weight excluding hydrogens is 524 g/mol. The lowest BCUT2D eigenvalue weighted by molar-refractivity contribution is -0.0893. The van der Waals surface area contributed by atoms with Crippen LogP contribution in [0.1, 0.15) is 55.4 Å². The molecule has 1 N–H and O–H groups in total. The van der Waals surface area contributed by atoms with Gasteiger partial charge in [-0.15, -0.1) is 0 Å². The Hall–Kier alpha value is -3.36. The number of aliphatic hydroxyl groups is 1. The topological polar surface area (TPSA) is 86.6 Å². The average Bonchev–Trinajstić information content (AvgIpc) is 3.18. The maximum atomic E-state index is 10.7. The Bertz CT molecular complexity index is 1480. The number of benzene rings is 3. The van der Waals surface area contributed by atoms with Crippen LogP contribution in [-0.2, 0) is 14.0 Å². The van der Waals surface area contributed by atoms with Crippen molar-refractivity contribution in [2.45, 2.75) is 77.8 Å². The minimum Gasteiger partial charge on any atom is -0.427 e. The maximum absolute atomic E-state index is 10.7. The zero-order chi connectivity index (χ0) is 30.3. The highest BCUT2D eigenvalue weighted by Gasteiger charge is 2.52. The molecule has 0 unspecified atom stereocenters. The number of nitrogens with zero attached hydrogens (tertiary/aromatic N) is 3. The molecule has 1 aliphatic rings. The summed E-state index contributed by atoms with van der Waals surface area (Å²) in [6.07, 6.45) is 0. The second kappa shape index (κ2) is 11.0. The molecule has 1 saturated heterocycles. The molecular formula is C33H39B2N3O4. The highest BCUT2D eigenvalue weighted by Crippen LogP contribution is 2.36. The number of aromatic nitrogens is 3. The van der Waals surface area contributed by atoms with Crippen LogP contribution in [-0.4, -0.2) is 57.1 Å². The Kier molecular flexibility index (Phi) is 7.92. The van der Waals surface area contributed by atoms with Gasteiger partial charge in [0.05, 0.1) is 22.4 Å². The summed E-state index contributed by atoms with van der Waals surface area (Å²) < 4.78 is 19.1. The van der Waals surface area contributed by atoms with Gasteiger partial charge >= 0.3 is 14.6 Å². The van der Waals surface area contributed by atoms with Crippen LogP contribution in [0, 0.1) is 0 Å². The van der Waals surface area contributed by atoms with E-state index in [0.717, 1.165) is 27.6 Å². The zero-order valence-electron chi connectivity index (χ0n) is 25.8. The van der Waals surface area contributed by atoms with Gasteiger partial charge in [0.2, 0.25) is 0 Å². The van der Waals surface area contributed by atoms with E-state index in [1.165, 1.54) is 0 Å². The number of hydrogen-bond acceptors (Lipinski definition) is 7. The van der Waals surface area contributed by atoms with Crippen molar-refractivity contribution in [2.24, 2.45) is 0 Å². The standard InChI is InChI=1S/C33H39B2N3O4/c1-30(2,39)31(3,4)40-34-25-19-24(20-26(21-25)35-41-32(5,6)33(7,8)42-35)29-37-27(22-15-11-9-12-16-22)36-28(38-29)23-17-13-10-14-18-23/h9-21,34,39H,1-8H3. The van der Waals surface area contributed by atoms with Gasteiger partial charge in [-0.05, 0) is 60.9 Å². The first kappa shape index (κ1) is 30.1. The first-order valence-corrected chi connectivity index (χ1v) is 14.4. The molecule has 0 amide bonds. The third kappa shape index (κ3) is 6.20. The van der Waals surface area contributed by atoms with Crippen LogP contribution in [0.5, 0.6) is 0 Å². The monoisotopic (exact) mass is 563 g/mol. The normalized spacial score (nSPS) is 16.5. The Balaban J connectivity index is 1.64. The van der Waals surface area contributed by atoms with Crippen LogP contribution in [0.4, 0.5) is 0 Å². The molecule has 0 atom stereocenters. The summed E-state index contributed by atoms with van der Waals surface area (Å²) in [6, 6.07) is 25.9. The molecule has 4 aromatic rings. The van der Waals surface area contributed by atoms with Gasteiger partial charge in [-0.1, -0.05) is 84.3 Å². The van der Waals surface area contributed by atoms with E-state index in [2.05, 4.69) is 0 Å². The van der Waals surface area contributed by atoms with Crippen molar-refractivity contribution in [1.29, 1.82) is 0 Å². The van der Waals surface area contributed by atoms with Crippen molar-refractivity contribution in [3.05, 3.63) is 78.9 Å². The molecule has 216 valence electrons. The van der Waals surface area contributed by atoms with Crippen LogP contribution in [0.25, 0.3) is 34.2 Å². The number of rotatable bonds is 8. The Morgan fingerprint density at radius 2 is 1.14 bits per heavy atom. The lowest BCUT2D eigenvalue weighted by Gasteiger charge is -2.37. The first-order valence-electron chi connectivity index (χ1n) is 14.4. The van der Waals surface area contributed by atoms with Crippen molar-refractivity contribution in [1.82, 2.24) is 15.0 Å². The molecule has 5 rings (SSSR count). The van der Waals surface area contributed by atoms with Gasteiger partial charge in [-0.2, -0.15) is 0 Å². The molecule has 0 bridgehead atoms. The second-order valence-corrected chi connectivity index (χ2v) is 12.9. The molecule has 9 heteroatoms. The third-order valence-corrected chi connectivity index (χ3v) is 8.57. The fraction of sp³-hybridized carbons (Fsp3) is 0.364. The van der Waals surface area contributed by atoms with Gasteiger partial charge in [-0.25, -0.2) is 15.0 Å². The van der Waals surface area contributed by atoms with Crippen LogP contribution in [0.2, 0.25) is 0 Å². The predicted octanol–water partition coefficient (Wildman–Crippen LogP) is 4.71. The van der Waals surface area contributed by atoms with Crippen molar-refractivity contribution >= 4 is 25.5 Å². The van der Waals surface area contributed by atoms with Crippen molar-refractivity contribution < 1.29 is 19.1 Å². The molecule has 2 heterocycles. The van der Waals surface area contributed by atoms with E-state index in [4.69, 9.17) is 28.9 Å². The fourth-order valence-corrected chi connectivity index (χ4v) is 4.42. The third-order valence-electron chi connectivity index (χ3n) is 8.57. The Morgan fingerprint density at radius 3 is 1.60 bits per heavy atom. The van der Waals surface area contributed by atoms with E-state index in [9.17, 15) is 5.11 Å². The first-order chi connectivity index (χ1) is 19.7. The van der Waals surface area contributed by atoms with Gasteiger partial charge in [0.25, 0.3) is 0 Å². The van der Waals surface area contributed by atoms with E-state index < -0.39 is 29.5 Å². The minimum absolute atomic E-state index is 0.263. The minimum atomic E-state index is -1.04. The average molecular weight is 563 g/mol. The summed E-state index contributed by atoms with van der Waals surface area (Å²) in [5, 5.41) is 10.7. The molecule has 1 fully saturated rings. The van der Waals surface area contributed by atoms with E-state index in [-0.39, 0.29) is 7.48 Å². The predicted molar refractivity (Wildman–Crippen MR) is 170 cm³/mol.